The van der Waals surface area contributed by atoms with Crippen molar-refractivity contribution in [3.63, 3.8) is 0 Å². The van der Waals surface area contributed by atoms with Crippen LogP contribution in [0.15, 0.2) is 75.9 Å². The van der Waals surface area contributed by atoms with Gasteiger partial charge in [-0.15, -0.1) is 5.10 Å². The van der Waals surface area contributed by atoms with Crippen LogP contribution in [0.1, 0.15) is 17.1 Å². The molecule has 0 aliphatic heterocycles. The summed E-state index contributed by atoms with van der Waals surface area (Å²) in [5.74, 6) is 1.65. The highest BCUT2D eigenvalue weighted by molar-refractivity contribution is 7.15. The summed E-state index contributed by atoms with van der Waals surface area (Å²) in [7, 11) is 0. The van der Waals surface area contributed by atoms with E-state index in [0.717, 1.165) is 5.56 Å². The van der Waals surface area contributed by atoms with Crippen LogP contribution in [-0.2, 0) is 6.42 Å². The van der Waals surface area contributed by atoms with E-state index in [2.05, 4.69) is 10.1 Å². The molecule has 152 valence electrons. The zero-order chi connectivity index (χ0) is 21.4. The van der Waals surface area contributed by atoms with E-state index in [9.17, 15) is 14.9 Å². The number of rotatable bonds is 5. The predicted octanol–water partition coefficient (Wildman–Crippen LogP) is 3.46. The summed E-state index contributed by atoms with van der Waals surface area (Å²) in [6.45, 7) is 0. The highest BCUT2D eigenvalue weighted by Crippen LogP contribution is 2.24. The molecule has 3 aromatic heterocycles. The zero-order valence-corrected chi connectivity index (χ0v) is 16.8. The van der Waals surface area contributed by atoms with Crippen LogP contribution in [0.3, 0.4) is 0 Å². The summed E-state index contributed by atoms with van der Waals surface area (Å²) < 4.78 is 7.57. The van der Waals surface area contributed by atoms with Gasteiger partial charge in [0.2, 0.25) is 4.96 Å². The summed E-state index contributed by atoms with van der Waals surface area (Å²) in [6.07, 6.45) is 2.21. The fourth-order valence-corrected chi connectivity index (χ4v) is 4.10. The Hall–Kier alpha value is -4.11. The summed E-state index contributed by atoms with van der Waals surface area (Å²) in [5.41, 5.74) is 1.55. The van der Waals surface area contributed by atoms with Gasteiger partial charge in [0.1, 0.15) is 16.1 Å². The van der Waals surface area contributed by atoms with Crippen molar-refractivity contribution in [1.82, 2.24) is 14.6 Å². The van der Waals surface area contributed by atoms with E-state index < -0.39 is 4.92 Å². The van der Waals surface area contributed by atoms with Crippen LogP contribution in [0, 0.1) is 10.1 Å². The molecule has 5 aromatic rings. The number of nitrogens with zero attached hydrogens (tertiary/aromatic N) is 4. The Labute approximate surface area is 178 Å². The minimum atomic E-state index is -0.451. The van der Waals surface area contributed by atoms with Gasteiger partial charge in [-0.05, 0) is 29.8 Å². The fourth-order valence-electron chi connectivity index (χ4n) is 3.19. The SMILES string of the molecule is O=c1c(=Cc2ccc(-c3ccc([N+](=O)[O-])cc3)o2)sc2nc(Cc3ccccc3)nn12. The molecule has 0 N–H and O–H groups in total. The molecule has 5 rings (SSSR count). The second-order valence-electron chi connectivity index (χ2n) is 6.81. The van der Waals surface area contributed by atoms with Crippen LogP contribution in [0.4, 0.5) is 5.69 Å². The van der Waals surface area contributed by atoms with Gasteiger partial charge in [-0.3, -0.25) is 14.9 Å². The molecule has 0 amide bonds. The van der Waals surface area contributed by atoms with Gasteiger partial charge in [-0.1, -0.05) is 41.7 Å². The second kappa shape index (κ2) is 7.62. The number of aromatic nitrogens is 3. The summed E-state index contributed by atoms with van der Waals surface area (Å²) in [4.78, 5) is 28.1. The average molecular weight is 430 g/mol. The van der Waals surface area contributed by atoms with E-state index in [1.54, 1.807) is 30.3 Å². The minimum absolute atomic E-state index is 0.0131. The number of non-ortho nitro benzene ring substituents is 1. The van der Waals surface area contributed by atoms with E-state index in [0.29, 0.717) is 38.8 Å². The van der Waals surface area contributed by atoms with Gasteiger partial charge in [0, 0.05) is 30.2 Å². The smallest absolute Gasteiger partial charge is 0.291 e. The summed E-state index contributed by atoms with van der Waals surface area (Å²) in [5, 5.41) is 15.1. The molecule has 0 aliphatic rings. The molecule has 0 saturated carbocycles. The van der Waals surface area contributed by atoms with Crippen molar-refractivity contribution in [2.75, 3.05) is 0 Å². The van der Waals surface area contributed by atoms with Gasteiger partial charge in [-0.2, -0.15) is 4.52 Å². The molecule has 0 bridgehead atoms. The van der Waals surface area contributed by atoms with Crippen molar-refractivity contribution in [3.8, 4) is 11.3 Å². The Balaban J connectivity index is 1.42. The second-order valence-corrected chi connectivity index (χ2v) is 7.82. The van der Waals surface area contributed by atoms with Crippen LogP contribution in [0.25, 0.3) is 22.4 Å². The number of benzene rings is 2. The molecule has 0 unspecified atom stereocenters. The van der Waals surface area contributed by atoms with Crippen LogP contribution in [0.5, 0.6) is 0 Å². The monoisotopic (exact) mass is 430 g/mol. The van der Waals surface area contributed by atoms with Crippen LogP contribution in [0.2, 0.25) is 0 Å². The first-order chi connectivity index (χ1) is 15.1. The predicted molar refractivity (Wildman–Crippen MR) is 116 cm³/mol. The molecule has 0 saturated heterocycles. The van der Waals surface area contributed by atoms with Gasteiger partial charge in [0.05, 0.1) is 4.92 Å². The van der Waals surface area contributed by atoms with Gasteiger partial charge in [0.15, 0.2) is 5.82 Å². The van der Waals surface area contributed by atoms with E-state index >= 15 is 0 Å². The number of furan rings is 1. The van der Waals surface area contributed by atoms with Gasteiger partial charge >= 0.3 is 0 Å². The minimum Gasteiger partial charge on any atom is -0.457 e. The van der Waals surface area contributed by atoms with Crippen molar-refractivity contribution in [1.29, 1.82) is 0 Å². The normalized spacial score (nSPS) is 11.9. The van der Waals surface area contributed by atoms with E-state index in [1.165, 1.54) is 28.0 Å². The number of hydrogen-bond acceptors (Lipinski definition) is 7. The lowest BCUT2D eigenvalue weighted by Gasteiger charge is -1.96. The molecule has 8 nitrogen and oxygen atoms in total. The van der Waals surface area contributed by atoms with Crippen molar-refractivity contribution < 1.29 is 9.34 Å². The van der Waals surface area contributed by atoms with Crippen LogP contribution >= 0.6 is 11.3 Å². The average Bonchev–Trinajstić information content (AvgIpc) is 3.47. The quantitative estimate of drug-likeness (QED) is 0.312. The lowest BCUT2D eigenvalue weighted by Crippen LogP contribution is -2.23. The third-order valence-electron chi connectivity index (χ3n) is 4.69. The van der Waals surface area contributed by atoms with Crippen molar-refractivity contribution in [2.24, 2.45) is 0 Å². The maximum atomic E-state index is 12.7. The molecule has 0 aliphatic carbocycles. The number of thiazole rings is 1. The first kappa shape index (κ1) is 18.9. The molecular weight excluding hydrogens is 416 g/mol. The highest BCUT2D eigenvalue weighted by atomic mass is 32.1. The highest BCUT2D eigenvalue weighted by Gasteiger charge is 2.12. The summed E-state index contributed by atoms with van der Waals surface area (Å²) >= 11 is 1.25. The van der Waals surface area contributed by atoms with Crippen LogP contribution < -0.4 is 10.1 Å². The topological polar surface area (TPSA) is 104 Å². The number of nitro benzene ring substituents is 1. The molecule has 0 spiro atoms. The Morgan fingerprint density at radius 3 is 2.55 bits per heavy atom. The lowest BCUT2D eigenvalue weighted by atomic mass is 10.1. The Morgan fingerprint density at radius 1 is 1.06 bits per heavy atom. The maximum absolute atomic E-state index is 12.7. The molecule has 3 heterocycles. The molecular formula is C22H14N4O4S. The zero-order valence-electron chi connectivity index (χ0n) is 16.0. The van der Waals surface area contributed by atoms with E-state index in [1.807, 2.05) is 30.3 Å². The van der Waals surface area contributed by atoms with Crippen LogP contribution in [-0.4, -0.2) is 19.5 Å². The largest absolute Gasteiger partial charge is 0.457 e. The Bertz CT molecular complexity index is 1500. The Morgan fingerprint density at radius 2 is 1.84 bits per heavy atom. The lowest BCUT2D eigenvalue weighted by molar-refractivity contribution is -0.384. The molecule has 2 aromatic carbocycles. The summed E-state index contributed by atoms with van der Waals surface area (Å²) in [6, 6.07) is 19.4. The molecule has 0 fully saturated rings. The van der Waals surface area contributed by atoms with Crippen molar-refractivity contribution in [3.05, 3.63) is 109 Å². The number of hydrogen-bond donors (Lipinski definition) is 0. The third-order valence-corrected chi connectivity index (χ3v) is 5.65. The number of nitro groups is 1. The third kappa shape index (κ3) is 3.74. The van der Waals surface area contributed by atoms with Gasteiger partial charge in [-0.25, -0.2) is 4.98 Å². The fraction of sp³-hybridized carbons (Fsp3) is 0.0455. The number of fused-ring (bicyclic) bond motifs is 1. The van der Waals surface area contributed by atoms with Crippen molar-refractivity contribution in [2.45, 2.75) is 6.42 Å². The maximum Gasteiger partial charge on any atom is 0.291 e. The molecule has 31 heavy (non-hydrogen) atoms. The van der Waals surface area contributed by atoms with E-state index in [4.69, 9.17) is 4.42 Å². The standard InChI is InChI=1S/C22H14N4O4S/c27-21-19(31-22-23-20(24-25(21)22)12-14-4-2-1-3-5-14)13-17-10-11-18(30-17)15-6-8-16(9-7-15)26(28)29/h1-11,13H,12H2. The first-order valence-electron chi connectivity index (χ1n) is 9.35. The van der Waals surface area contributed by atoms with Gasteiger partial charge in [0.25, 0.3) is 11.2 Å². The van der Waals surface area contributed by atoms with Crippen molar-refractivity contribution >= 4 is 28.1 Å². The molecule has 0 radical (unpaired) electrons. The molecule has 9 heteroatoms. The van der Waals surface area contributed by atoms with Gasteiger partial charge < -0.3 is 4.42 Å². The first-order valence-corrected chi connectivity index (χ1v) is 10.2. The Kier molecular flexibility index (Phi) is 4.64. The van der Waals surface area contributed by atoms with E-state index in [-0.39, 0.29) is 11.2 Å². The molecule has 0 atom stereocenters.